The molecule has 4 nitrogen and oxygen atoms in total. The molecular formula is C11H14BrNO3. The molecule has 0 aliphatic heterocycles. The van der Waals surface area contributed by atoms with Gasteiger partial charge in [-0.2, -0.15) is 0 Å². The van der Waals surface area contributed by atoms with Crippen molar-refractivity contribution in [1.82, 2.24) is 0 Å². The molecular weight excluding hydrogens is 274 g/mol. The number of carbonyl (C=O) groups is 1. The highest BCUT2D eigenvalue weighted by atomic mass is 79.9. The van der Waals surface area contributed by atoms with Crippen molar-refractivity contribution in [2.45, 2.75) is 19.4 Å². The Bertz CT molecular complexity index is 381. The first kappa shape index (κ1) is 13.0. The molecule has 0 heterocycles. The van der Waals surface area contributed by atoms with Crippen LogP contribution in [0.5, 0.6) is 5.75 Å². The van der Waals surface area contributed by atoms with Gasteiger partial charge in [-0.15, -0.1) is 0 Å². The van der Waals surface area contributed by atoms with Crippen molar-refractivity contribution in [2.75, 3.05) is 6.61 Å². The zero-order chi connectivity index (χ0) is 12.1. The monoisotopic (exact) mass is 287 g/mol. The van der Waals surface area contributed by atoms with Crippen LogP contribution in [0.3, 0.4) is 0 Å². The largest absolute Gasteiger partial charge is 0.490 e. The van der Waals surface area contributed by atoms with Gasteiger partial charge in [0.15, 0.2) is 0 Å². The Kier molecular flexibility index (Phi) is 4.76. The number of carbonyl (C=O) groups excluding carboxylic acids is 1. The molecule has 0 bridgehead atoms. The molecule has 0 aromatic heterocycles. The van der Waals surface area contributed by atoms with E-state index in [1.165, 1.54) is 0 Å². The number of aliphatic hydroxyl groups excluding tert-OH is 1. The number of ether oxygens (including phenoxy) is 1. The number of hydrogen-bond donors (Lipinski definition) is 2. The maximum Gasteiger partial charge on any atom is 0.248 e. The van der Waals surface area contributed by atoms with Crippen LogP contribution in [0.1, 0.15) is 23.7 Å². The number of aliphatic hydroxyl groups is 1. The van der Waals surface area contributed by atoms with E-state index in [9.17, 15) is 9.90 Å². The highest BCUT2D eigenvalue weighted by molar-refractivity contribution is 9.10. The number of primary amides is 1. The zero-order valence-corrected chi connectivity index (χ0v) is 10.5. The summed E-state index contributed by atoms with van der Waals surface area (Å²) in [6.45, 7) is 2.06. The summed E-state index contributed by atoms with van der Waals surface area (Å²) in [4.78, 5) is 11.0. The molecule has 0 spiro atoms. The average molecular weight is 288 g/mol. The molecule has 0 unspecified atom stereocenters. The predicted molar refractivity (Wildman–Crippen MR) is 64.5 cm³/mol. The van der Waals surface area contributed by atoms with Crippen LogP contribution in [-0.2, 0) is 0 Å². The fraction of sp³-hybridized carbons (Fsp3) is 0.364. The Labute approximate surface area is 103 Å². The molecule has 0 aliphatic carbocycles. The lowest BCUT2D eigenvalue weighted by Gasteiger charge is -2.12. The topological polar surface area (TPSA) is 72.6 Å². The molecule has 0 saturated heterocycles. The van der Waals surface area contributed by atoms with Crippen LogP contribution in [0.15, 0.2) is 22.7 Å². The van der Waals surface area contributed by atoms with Crippen molar-refractivity contribution in [3.05, 3.63) is 28.2 Å². The van der Waals surface area contributed by atoms with Crippen molar-refractivity contribution in [1.29, 1.82) is 0 Å². The maximum absolute atomic E-state index is 11.0. The van der Waals surface area contributed by atoms with Gasteiger partial charge in [0, 0.05) is 5.56 Å². The molecule has 5 heteroatoms. The Hall–Kier alpha value is -1.07. The van der Waals surface area contributed by atoms with E-state index in [-0.39, 0.29) is 6.61 Å². The van der Waals surface area contributed by atoms with Gasteiger partial charge >= 0.3 is 0 Å². The van der Waals surface area contributed by atoms with Crippen LogP contribution in [0.4, 0.5) is 0 Å². The van der Waals surface area contributed by atoms with Gasteiger partial charge in [0.2, 0.25) is 5.91 Å². The standard InChI is InChI=1S/C11H14BrNO3/c1-2-8(14)6-16-10-5-7(11(13)15)3-4-9(10)12/h3-5,8,14H,2,6H2,1H3,(H2,13,15)/t8-/m0/s1. The minimum atomic E-state index is -0.510. The summed E-state index contributed by atoms with van der Waals surface area (Å²) in [5.74, 6) is -0.00260. The van der Waals surface area contributed by atoms with Crippen LogP contribution in [0.2, 0.25) is 0 Å². The smallest absolute Gasteiger partial charge is 0.248 e. The summed E-state index contributed by atoms with van der Waals surface area (Å²) in [6.07, 6.45) is 0.108. The number of hydrogen-bond acceptors (Lipinski definition) is 3. The van der Waals surface area contributed by atoms with Gasteiger partial charge in [0.05, 0.1) is 10.6 Å². The average Bonchev–Trinajstić information content (AvgIpc) is 2.27. The number of benzene rings is 1. The highest BCUT2D eigenvalue weighted by Gasteiger charge is 2.08. The third-order valence-electron chi connectivity index (χ3n) is 2.12. The van der Waals surface area contributed by atoms with E-state index in [4.69, 9.17) is 10.5 Å². The van der Waals surface area contributed by atoms with Crippen molar-refractivity contribution in [3.63, 3.8) is 0 Å². The van der Waals surface area contributed by atoms with Gasteiger partial charge in [-0.3, -0.25) is 4.79 Å². The highest BCUT2D eigenvalue weighted by Crippen LogP contribution is 2.26. The fourth-order valence-corrected chi connectivity index (χ4v) is 1.43. The van der Waals surface area contributed by atoms with Crippen LogP contribution in [-0.4, -0.2) is 23.7 Å². The molecule has 1 aromatic rings. The molecule has 0 radical (unpaired) electrons. The van der Waals surface area contributed by atoms with Crippen molar-refractivity contribution in [2.24, 2.45) is 5.73 Å². The molecule has 88 valence electrons. The first-order valence-corrected chi connectivity index (χ1v) is 5.74. The molecule has 1 atom stereocenters. The summed E-state index contributed by atoms with van der Waals surface area (Å²) in [7, 11) is 0. The molecule has 0 aliphatic rings. The predicted octanol–water partition coefficient (Wildman–Crippen LogP) is 1.70. The third kappa shape index (κ3) is 3.50. The fourth-order valence-electron chi connectivity index (χ4n) is 1.07. The van der Waals surface area contributed by atoms with Crippen LogP contribution < -0.4 is 10.5 Å². The van der Waals surface area contributed by atoms with Crippen LogP contribution in [0, 0.1) is 0 Å². The van der Waals surface area contributed by atoms with Crippen molar-refractivity contribution < 1.29 is 14.6 Å². The van der Waals surface area contributed by atoms with Crippen LogP contribution in [0.25, 0.3) is 0 Å². The Morgan fingerprint density at radius 2 is 2.31 bits per heavy atom. The molecule has 1 rings (SSSR count). The van der Waals surface area contributed by atoms with Gasteiger partial charge in [0.1, 0.15) is 12.4 Å². The van der Waals surface area contributed by atoms with Crippen molar-refractivity contribution >= 4 is 21.8 Å². The van der Waals surface area contributed by atoms with Gasteiger partial charge in [-0.25, -0.2) is 0 Å². The van der Waals surface area contributed by atoms with E-state index in [1.54, 1.807) is 18.2 Å². The summed E-state index contributed by atoms with van der Waals surface area (Å²) >= 11 is 3.29. The minimum absolute atomic E-state index is 0.192. The SMILES string of the molecule is CC[C@H](O)COc1cc(C(N)=O)ccc1Br. The molecule has 3 N–H and O–H groups in total. The van der Waals surface area contributed by atoms with Gasteiger partial charge in [0.25, 0.3) is 0 Å². The summed E-state index contributed by atoms with van der Waals surface area (Å²) in [5, 5.41) is 9.36. The number of halogens is 1. The van der Waals surface area contributed by atoms with E-state index in [2.05, 4.69) is 15.9 Å². The molecule has 1 aromatic carbocycles. The second-order valence-electron chi connectivity index (χ2n) is 3.38. The molecule has 0 fully saturated rings. The second-order valence-corrected chi connectivity index (χ2v) is 4.24. The number of amides is 1. The normalized spacial score (nSPS) is 12.2. The Morgan fingerprint density at radius 3 is 2.88 bits per heavy atom. The molecule has 0 saturated carbocycles. The Morgan fingerprint density at radius 1 is 1.62 bits per heavy atom. The maximum atomic E-state index is 11.0. The van der Waals surface area contributed by atoms with E-state index >= 15 is 0 Å². The third-order valence-corrected chi connectivity index (χ3v) is 2.77. The van der Waals surface area contributed by atoms with Gasteiger partial charge < -0.3 is 15.6 Å². The van der Waals surface area contributed by atoms with Crippen LogP contribution >= 0.6 is 15.9 Å². The van der Waals surface area contributed by atoms with Crippen molar-refractivity contribution in [3.8, 4) is 5.75 Å². The summed E-state index contributed by atoms with van der Waals surface area (Å²) in [6, 6.07) is 4.85. The minimum Gasteiger partial charge on any atom is -0.490 e. The zero-order valence-electron chi connectivity index (χ0n) is 8.94. The molecule has 16 heavy (non-hydrogen) atoms. The van der Waals surface area contributed by atoms with Gasteiger partial charge in [-0.05, 0) is 40.5 Å². The molecule has 1 amide bonds. The van der Waals surface area contributed by atoms with E-state index < -0.39 is 12.0 Å². The van der Waals surface area contributed by atoms with E-state index in [0.717, 1.165) is 4.47 Å². The lowest BCUT2D eigenvalue weighted by Crippen LogP contribution is -2.17. The number of rotatable bonds is 5. The summed E-state index contributed by atoms with van der Waals surface area (Å²) < 4.78 is 6.10. The quantitative estimate of drug-likeness (QED) is 0.866. The summed E-state index contributed by atoms with van der Waals surface area (Å²) in [5.41, 5.74) is 5.53. The number of nitrogens with two attached hydrogens (primary N) is 1. The first-order chi connectivity index (χ1) is 7.54. The van der Waals surface area contributed by atoms with E-state index in [0.29, 0.717) is 17.7 Å². The van der Waals surface area contributed by atoms with E-state index in [1.807, 2.05) is 6.92 Å². The Balaban J connectivity index is 2.78. The lowest BCUT2D eigenvalue weighted by atomic mass is 10.2. The first-order valence-electron chi connectivity index (χ1n) is 4.94. The second kappa shape index (κ2) is 5.86. The van der Waals surface area contributed by atoms with Gasteiger partial charge in [-0.1, -0.05) is 6.92 Å². The lowest BCUT2D eigenvalue weighted by molar-refractivity contribution is 0.0995.